The number of hydrogen-bond acceptors (Lipinski definition) is 6. The van der Waals surface area contributed by atoms with E-state index in [0.717, 1.165) is 70.6 Å². The summed E-state index contributed by atoms with van der Waals surface area (Å²) in [5.41, 5.74) is 1.06. The van der Waals surface area contributed by atoms with Crippen LogP contribution in [0.1, 0.15) is 37.8 Å². The number of aliphatic carboxylic acids is 2. The van der Waals surface area contributed by atoms with Gasteiger partial charge in [0.1, 0.15) is 0 Å². The lowest BCUT2D eigenvalue weighted by atomic mass is 9.89. The number of pyridine rings is 1. The number of hydrogen-bond donors (Lipinski definition) is 2. The number of halogens is 6. The van der Waals surface area contributed by atoms with Crippen molar-refractivity contribution in [1.29, 1.82) is 0 Å². The van der Waals surface area contributed by atoms with E-state index in [1.807, 2.05) is 18.3 Å². The van der Waals surface area contributed by atoms with Gasteiger partial charge in [0.05, 0.1) is 11.3 Å². The Bertz CT molecular complexity index is 906. The Labute approximate surface area is 208 Å². The number of amides is 1. The molecular formula is C22H27F6N3O6. The van der Waals surface area contributed by atoms with Crippen LogP contribution in [0, 0.1) is 0 Å². The molecule has 3 aliphatic heterocycles. The second-order valence-corrected chi connectivity index (χ2v) is 8.76. The van der Waals surface area contributed by atoms with E-state index in [0.29, 0.717) is 11.9 Å². The number of likely N-dealkylation sites (tertiary alicyclic amines) is 2. The summed E-state index contributed by atoms with van der Waals surface area (Å²) >= 11 is 0. The van der Waals surface area contributed by atoms with Crippen molar-refractivity contribution in [3.8, 4) is 0 Å². The molecule has 0 aromatic carbocycles. The fraction of sp³-hybridized carbons (Fsp3) is 0.636. The molecule has 1 aromatic heterocycles. The molecule has 9 nitrogen and oxygen atoms in total. The zero-order chi connectivity index (χ0) is 27.9. The average molecular weight is 543 g/mol. The molecule has 4 heterocycles. The van der Waals surface area contributed by atoms with Gasteiger partial charge in [-0.2, -0.15) is 26.3 Å². The number of alkyl halides is 6. The molecule has 2 N–H and O–H groups in total. The monoisotopic (exact) mass is 543 g/mol. The highest BCUT2D eigenvalue weighted by atomic mass is 19.4. The van der Waals surface area contributed by atoms with E-state index in [-0.39, 0.29) is 5.60 Å². The van der Waals surface area contributed by atoms with Crippen molar-refractivity contribution in [2.45, 2.75) is 62.6 Å². The minimum Gasteiger partial charge on any atom is -0.475 e. The largest absolute Gasteiger partial charge is 0.490 e. The molecule has 0 radical (unpaired) electrons. The smallest absolute Gasteiger partial charge is 0.475 e. The maximum atomic E-state index is 12.0. The minimum absolute atomic E-state index is 0.0550. The molecule has 3 aliphatic rings. The molecule has 1 aromatic rings. The normalized spacial score (nSPS) is 24.2. The quantitative estimate of drug-likeness (QED) is 0.559. The van der Waals surface area contributed by atoms with Gasteiger partial charge in [-0.15, -0.1) is 0 Å². The van der Waals surface area contributed by atoms with E-state index < -0.39 is 24.3 Å². The van der Waals surface area contributed by atoms with Crippen LogP contribution >= 0.6 is 0 Å². The molecular weight excluding hydrogens is 516 g/mol. The predicted molar refractivity (Wildman–Crippen MR) is 114 cm³/mol. The second kappa shape index (κ2) is 12.5. The first-order valence-corrected chi connectivity index (χ1v) is 11.3. The molecule has 2 atom stereocenters. The van der Waals surface area contributed by atoms with Gasteiger partial charge in [-0.25, -0.2) is 9.59 Å². The van der Waals surface area contributed by atoms with Gasteiger partial charge in [-0.3, -0.25) is 14.7 Å². The number of carbonyl (C=O) groups excluding carboxylic acids is 1. The van der Waals surface area contributed by atoms with Crippen LogP contribution in [0.2, 0.25) is 0 Å². The molecule has 3 fully saturated rings. The zero-order valence-electron chi connectivity index (χ0n) is 19.6. The van der Waals surface area contributed by atoms with Gasteiger partial charge in [-0.05, 0) is 37.8 Å². The van der Waals surface area contributed by atoms with Gasteiger partial charge in [0.25, 0.3) is 0 Å². The van der Waals surface area contributed by atoms with Crippen LogP contribution in [-0.2, 0) is 25.7 Å². The summed E-state index contributed by atoms with van der Waals surface area (Å²) in [6.45, 7) is 4.63. The van der Waals surface area contributed by atoms with Gasteiger partial charge in [0, 0.05) is 51.4 Å². The van der Waals surface area contributed by atoms with Crippen molar-refractivity contribution in [3.05, 3.63) is 30.1 Å². The SMILES string of the molecule is O=C(O)C(F)(F)F.O=C(O)C(F)(F)F.O=C1CCCN1[C@H]1CCO[C@]2(CCN(Cc3ccccn3)C2)C1. The van der Waals surface area contributed by atoms with Crippen LogP contribution in [0.4, 0.5) is 26.3 Å². The number of aromatic nitrogens is 1. The third kappa shape index (κ3) is 9.46. The second-order valence-electron chi connectivity index (χ2n) is 8.76. The molecule has 37 heavy (non-hydrogen) atoms. The van der Waals surface area contributed by atoms with Gasteiger partial charge < -0.3 is 19.8 Å². The minimum atomic E-state index is -5.08. The maximum absolute atomic E-state index is 12.0. The molecule has 0 aliphatic carbocycles. The fourth-order valence-corrected chi connectivity index (χ4v) is 4.39. The van der Waals surface area contributed by atoms with Gasteiger partial charge >= 0.3 is 24.3 Å². The maximum Gasteiger partial charge on any atom is 0.490 e. The first kappa shape index (κ1) is 30.3. The number of carboxylic acids is 2. The molecule has 1 spiro atoms. The third-order valence-electron chi connectivity index (χ3n) is 6.01. The number of rotatable bonds is 3. The lowest BCUT2D eigenvalue weighted by molar-refractivity contribution is -0.193. The Kier molecular flexibility index (Phi) is 10.3. The molecule has 0 saturated carbocycles. The third-order valence-corrected chi connectivity index (χ3v) is 6.01. The fourth-order valence-electron chi connectivity index (χ4n) is 4.39. The molecule has 4 rings (SSSR count). The summed E-state index contributed by atoms with van der Waals surface area (Å²) < 4.78 is 69.7. The van der Waals surface area contributed by atoms with Crippen LogP contribution in [0.5, 0.6) is 0 Å². The van der Waals surface area contributed by atoms with Crippen molar-refractivity contribution in [3.63, 3.8) is 0 Å². The summed E-state index contributed by atoms with van der Waals surface area (Å²) in [5.74, 6) is -5.17. The zero-order valence-corrected chi connectivity index (χ0v) is 19.6. The van der Waals surface area contributed by atoms with Crippen molar-refractivity contribution in [2.75, 3.05) is 26.2 Å². The number of carboxylic acid groups (broad SMARTS) is 2. The molecule has 3 saturated heterocycles. The van der Waals surface area contributed by atoms with Crippen LogP contribution in [-0.4, -0.2) is 93.1 Å². The van der Waals surface area contributed by atoms with Crippen LogP contribution in [0.25, 0.3) is 0 Å². The number of ether oxygens (including phenoxy) is 1. The van der Waals surface area contributed by atoms with Crippen molar-refractivity contribution < 1.29 is 55.7 Å². The topological polar surface area (TPSA) is 120 Å². The molecule has 0 bridgehead atoms. The lowest BCUT2D eigenvalue weighted by Crippen LogP contribution is -2.50. The van der Waals surface area contributed by atoms with E-state index in [2.05, 4.69) is 20.9 Å². The van der Waals surface area contributed by atoms with E-state index in [1.165, 1.54) is 0 Å². The summed E-state index contributed by atoms with van der Waals surface area (Å²) in [4.78, 5) is 38.8. The van der Waals surface area contributed by atoms with Gasteiger partial charge in [-0.1, -0.05) is 6.07 Å². The highest BCUT2D eigenvalue weighted by Crippen LogP contribution is 2.37. The number of nitrogens with zero attached hydrogens (tertiary/aromatic N) is 3. The summed E-state index contributed by atoms with van der Waals surface area (Å²) in [5, 5.41) is 14.2. The molecule has 0 unspecified atom stereocenters. The Morgan fingerprint density at radius 1 is 1.08 bits per heavy atom. The molecule has 208 valence electrons. The van der Waals surface area contributed by atoms with Gasteiger partial charge in [0.15, 0.2) is 0 Å². The summed E-state index contributed by atoms with van der Waals surface area (Å²) in [6.07, 6.45) is -3.50. The van der Waals surface area contributed by atoms with Crippen molar-refractivity contribution >= 4 is 17.8 Å². The van der Waals surface area contributed by atoms with E-state index in [9.17, 15) is 31.1 Å². The summed E-state index contributed by atoms with van der Waals surface area (Å²) in [7, 11) is 0. The Hall–Kier alpha value is -2.94. The lowest BCUT2D eigenvalue weighted by Gasteiger charge is -2.41. The Morgan fingerprint density at radius 3 is 2.19 bits per heavy atom. The first-order chi connectivity index (χ1) is 17.1. The predicted octanol–water partition coefficient (Wildman–Crippen LogP) is 3.09. The molecule has 1 amide bonds. The standard InChI is InChI=1S/C18H25N3O2.2C2HF3O2/c22-17-5-3-9-21(17)16-6-11-23-18(12-16)7-10-20(14-18)13-15-4-1-2-8-19-15;2*3-2(4,5)1(6)7/h1-2,4,8,16H,3,5-7,9-14H2;2*(H,6,7)/t16-,18+;;/m0../s1. The highest BCUT2D eigenvalue weighted by molar-refractivity contribution is 5.78. The van der Waals surface area contributed by atoms with Crippen LogP contribution in [0.15, 0.2) is 24.4 Å². The van der Waals surface area contributed by atoms with E-state index in [4.69, 9.17) is 24.5 Å². The first-order valence-electron chi connectivity index (χ1n) is 11.3. The highest BCUT2D eigenvalue weighted by Gasteiger charge is 2.45. The Balaban J connectivity index is 0.000000286. The molecule has 15 heteroatoms. The number of carbonyl (C=O) groups is 3. The van der Waals surface area contributed by atoms with Gasteiger partial charge in [0.2, 0.25) is 5.91 Å². The van der Waals surface area contributed by atoms with E-state index in [1.54, 1.807) is 0 Å². The van der Waals surface area contributed by atoms with Crippen LogP contribution in [0.3, 0.4) is 0 Å². The Morgan fingerprint density at radius 2 is 1.70 bits per heavy atom. The van der Waals surface area contributed by atoms with E-state index >= 15 is 0 Å². The van der Waals surface area contributed by atoms with Crippen LogP contribution < -0.4 is 0 Å². The van der Waals surface area contributed by atoms with Crippen molar-refractivity contribution in [2.24, 2.45) is 0 Å². The average Bonchev–Trinajstić information content (AvgIpc) is 3.40. The van der Waals surface area contributed by atoms with Crippen molar-refractivity contribution in [1.82, 2.24) is 14.8 Å². The summed E-state index contributed by atoms with van der Waals surface area (Å²) in [6, 6.07) is 6.46.